The number of hydrogen-bond acceptors (Lipinski definition) is 3. The Hall–Kier alpha value is -1.95. The molecule has 0 radical (unpaired) electrons. The number of sulfonamides is 1. The Morgan fingerprint density at radius 1 is 0.962 bits per heavy atom. The summed E-state index contributed by atoms with van der Waals surface area (Å²) in [4.78, 5) is 1.02. The smallest absolute Gasteiger partial charge is 0.261 e. The molecule has 6 heteroatoms. The molecular weight excluding hydrogens is 386 g/mol. The van der Waals surface area contributed by atoms with Crippen molar-refractivity contribution in [3.05, 3.63) is 88.9 Å². The molecule has 0 amide bonds. The molecule has 0 bridgehead atoms. The molecule has 0 aliphatic rings. The zero-order valence-electron chi connectivity index (χ0n) is 14.1. The van der Waals surface area contributed by atoms with Gasteiger partial charge in [0.25, 0.3) is 10.0 Å². The van der Waals surface area contributed by atoms with E-state index < -0.39 is 10.0 Å². The van der Waals surface area contributed by atoms with Gasteiger partial charge in [-0.15, -0.1) is 11.8 Å². The second-order valence-corrected chi connectivity index (χ2v) is 8.97. The highest BCUT2D eigenvalue weighted by atomic mass is 35.5. The van der Waals surface area contributed by atoms with E-state index in [4.69, 9.17) is 11.6 Å². The molecule has 0 saturated carbocycles. The third kappa shape index (κ3) is 4.81. The van der Waals surface area contributed by atoms with E-state index in [1.807, 2.05) is 37.3 Å². The average molecular weight is 404 g/mol. The van der Waals surface area contributed by atoms with E-state index in [-0.39, 0.29) is 4.90 Å². The molecule has 1 N–H and O–H groups in total. The third-order valence-electron chi connectivity index (χ3n) is 3.76. The third-order valence-corrected chi connectivity index (χ3v) is 6.50. The van der Waals surface area contributed by atoms with Gasteiger partial charge in [-0.3, -0.25) is 4.72 Å². The lowest BCUT2D eigenvalue weighted by molar-refractivity contribution is 0.601. The minimum absolute atomic E-state index is 0.233. The predicted octanol–water partition coefficient (Wildman–Crippen LogP) is 5.74. The first-order valence-electron chi connectivity index (χ1n) is 8.00. The van der Waals surface area contributed by atoms with Gasteiger partial charge in [-0.2, -0.15) is 0 Å². The average Bonchev–Trinajstić information content (AvgIpc) is 2.63. The van der Waals surface area contributed by atoms with Gasteiger partial charge in [-0.25, -0.2) is 8.42 Å². The number of nitrogens with one attached hydrogen (secondary N) is 1. The highest BCUT2D eigenvalue weighted by molar-refractivity contribution is 7.98. The summed E-state index contributed by atoms with van der Waals surface area (Å²) in [6, 6.07) is 21.9. The van der Waals surface area contributed by atoms with Crippen molar-refractivity contribution in [2.24, 2.45) is 0 Å². The van der Waals surface area contributed by atoms with Gasteiger partial charge in [-0.1, -0.05) is 59.6 Å². The second-order valence-electron chi connectivity index (χ2n) is 5.83. The maximum atomic E-state index is 12.7. The van der Waals surface area contributed by atoms with Crippen LogP contribution in [0.3, 0.4) is 0 Å². The van der Waals surface area contributed by atoms with Crippen molar-refractivity contribution in [1.82, 2.24) is 0 Å². The Kier molecular flexibility index (Phi) is 5.91. The zero-order valence-corrected chi connectivity index (χ0v) is 16.5. The minimum Gasteiger partial charge on any atom is -0.278 e. The summed E-state index contributed by atoms with van der Waals surface area (Å²) in [6.07, 6.45) is 0. The van der Waals surface area contributed by atoms with Crippen molar-refractivity contribution in [1.29, 1.82) is 0 Å². The van der Waals surface area contributed by atoms with Crippen molar-refractivity contribution >= 4 is 39.1 Å². The van der Waals surface area contributed by atoms with Crippen LogP contribution in [-0.4, -0.2) is 8.42 Å². The SMILES string of the molecule is Cc1ccc(S(=O)(=O)Nc2ccc(Cl)cc2SCc2ccccc2)cc1. The number of rotatable bonds is 6. The number of aryl methyl sites for hydroxylation is 1. The monoisotopic (exact) mass is 403 g/mol. The van der Waals surface area contributed by atoms with Gasteiger partial charge >= 0.3 is 0 Å². The second kappa shape index (κ2) is 8.16. The van der Waals surface area contributed by atoms with Crippen LogP contribution in [0, 0.1) is 6.92 Å². The number of benzene rings is 3. The first-order valence-corrected chi connectivity index (χ1v) is 10.8. The van der Waals surface area contributed by atoms with Crippen LogP contribution in [0.5, 0.6) is 0 Å². The molecule has 134 valence electrons. The molecule has 3 nitrogen and oxygen atoms in total. The van der Waals surface area contributed by atoms with Crippen LogP contribution >= 0.6 is 23.4 Å². The summed E-state index contributed by atoms with van der Waals surface area (Å²) in [6.45, 7) is 1.92. The summed E-state index contributed by atoms with van der Waals surface area (Å²) in [7, 11) is -3.65. The van der Waals surface area contributed by atoms with E-state index >= 15 is 0 Å². The lowest BCUT2D eigenvalue weighted by Gasteiger charge is -2.13. The summed E-state index contributed by atoms with van der Waals surface area (Å²) < 4.78 is 28.0. The van der Waals surface area contributed by atoms with Crippen LogP contribution in [0.25, 0.3) is 0 Å². The van der Waals surface area contributed by atoms with E-state index in [2.05, 4.69) is 4.72 Å². The molecule has 0 heterocycles. The number of halogens is 1. The van der Waals surface area contributed by atoms with Gasteiger partial charge < -0.3 is 0 Å². The first kappa shape index (κ1) is 18.8. The van der Waals surface area contributed by atoms with Crippen molar-refractivity contribution in [2.75, 3.05) is 4.72 Å². The normalized spacial score (nSPS) is 11.3. The fourth-order valence-corrected chi connectivity index (χ4v) is 4.74. The molecule has 3 aromatic rings. The number of thioether (sulfide) groups is 1. The summed E-state index contributed by atoms with van der Waals surface area (Å²) in [5.41, 5.74) is 2.69. The number of hydrogen-bond donors (Lipinski definition) is 1. The molecular formula is C20H18ClNO2S2. The maximum Gasteiger partial charge on any atom is 0.261 e. The number of anilines is 1. The van der Waals surface area contributed by atoms with E-state index in [1.54, 1.807) is 54.2 Å². The van der Waals surface area contributed by atoms with E-state index in [9.17, 15) is 8.42 Å². The van der Waals surface area contributed by atoms with Gasteiger partial charge in [-0.05, 0) is 42.8 Å². The molecule has 0 unspecified atom stereocenters. The maximum absolute atomic E-state index is 12.7. The molecule has 0 aliphatic heterocycles. The van der Waals surface area contributed by atoms with Gasteiger partial charge in [0.1, 0.15) is 0 Å². The van der Waals surface area contributed by atoms with Crippen LogP contribution in [0.1, 0.15) is 11.1 Å². The Bertz CT molecular complexity index is 988. The standard InChI is InChI=1S/C20H18ClNO2S2/c1-15-7-10-18(11-8-15)26(23,24)22-19-12-9-17(21)13-20(19)25-14-16-5-3-2-4-6-16/h2-13,22H,14H2,1H3. The zero-order chi connectivity index (χ0) is 18.6. The Labute approximate surface area is 163 Å². The molecule has 3 rings (SSSR count). The minimum atomic E-state index is -3.65. The van der Waals surface area contributed by atoms with Crippen molar-refractivity contribution in [3.8, 4) is 0 Å². The van der Waals surface area contributed by atoms with Crippen molar-refractivity contribution in [3.63, 3.8) is 0 Å². The first-order chi connectivity index (χ1) is 12.4. The molecule has 26 heavy (non-hydrogen) atoms. The highest BCUT2D eigenvalue weighted by Crippen LogP contribution is 2.33. The Balaban J connectivity index is 1.84. The Morgan fingerprint density at radius 3 is 2.35 bits per heavy atom. The fourth-order valence-electron chi connectivity index (χ4n) is 2.36. The quantitative estimate of drug-likeness (QED) is 0.533. The fraction of sp³-hybridized carbons (Fsp3) is 0.100. The topological polar surface area (TPSA) is 46.2 Å². The van der Waals surface area contributed by atoms with E-state index in [0.29, 0.717) is 10.7 Å². The van der Waals surface area contributed by atoms with Gasteiger partial charge in [0.15, 0.2) is 0 Å². The van der Waals surface area contributed by atoms with Crippen LogP contribution in [0.15, 0.2) is 82.6 Å². The molecule has 3 aromatic carbocycles. The van der Waals surface area contributed by atoms with Gasteiger partial charge in [0.2, 0.25) is 0 Å². The Morgan fingerprint density at radius 2 is 1.65 bits per heavy atom. The molecule has 0 fully saturated rings. The van der Waals surface area contributed by atoms with E-state index in [0.717, 1.165) is 21.8 Å². The predicted molar refractivity (Wildman–Crippen MR) is 109 cm³/mol. The lowest BCUT2D eigenvalue weighted by Crippen LogP contribution is -2.13. The largest absolute Gasteiger partial charge is 0.278 e. The molecule has 0 aromatic heterocycles. The van der Waals surface area contributed by atoms with Crippen LogP contribution in [0.4, 0.5) is 5.69 Å². The summed E-state index contributed by atoms with van der Waals surface area (Å²) in [5, 5.41) is 0.568. The lowest BCUT2D eigenvalue weighted by atomic mass is 10.2. The molecule has 0 saturated heterocycles. The van der Waals surface area contributed by atoms with Gasteiger partial charge in [0.05, 0.1) is 10.6 Å². The van der Waals surface area contributed by atoms with Crippen LogP contribution < -0.4 is 4.72 Å². The molecule has 0 atom stereocenters. The van der Waals surface area contributed by atoms with Crippen molar-refractivity contribution in [2.45, 2.75) is 22.5 Å². The van der Waals surface area contributed by atoms with Crippen LogP contribution in [-0.2, 0) is 15.8 Å². The van der Waals surface area contributed by atoms with Gasteiger partial charge in [0, 0.05) is 15.7 Å². The van der Waals surface area contributed by atoms with Crippen LogP contribution in [0.2, 0.25) is 5.02 Å². The van der Waals surface area contributed by atoms with Crippen molar-refractivity contribution < 1.29 is 8.42 Å². The molecule has 0 aliphatic carbocycles. The summed E-state index contributed by atoms with van der Waals surface area (Å²) in [5.74, 6) is 0.723. The highest BCUT2D eigenvalue weighted by Gasteiger charge is 2.16. The molecule has 0 spiro atoms. The summed E-state index contributed by atoms with van der Waals surface area (Å²) >= 11 is 7.65. The van der Waals surface area contributed by atoms with E-state index in [1.165, 1.54) is 0 Å².